The lowest BCUT2D eigenvalue weighted by Gasteiger charge is -2.30. The molecule has 1 heterocycles. The van der Waals surface area contributed by atoms with Gasteiger partial charge >= 0.3 is 12.1 Å². The first kappa shape index (κ1) is 16.3. The molecule has 0 fully saturated rings. The molecule has 0 aliphatic heterocycles. The van der Waals surface area contributed by atoms with Crippen molar-refractivity contribution in [3.8, 4) is 0 Å². The van der Waals surface area contributed by atoms with Crippen LogP contribution in [-0.4, -0.2) is 22.1 Å². The van der Waals surface area contributed by atoms with E-state index in [2.05, 4.69) is 10.3 Å². The first-order chi connectivity index (χ1) is 9.00. The van der Waals surface area contributed by atoms with Crippen molar-refractivity contribution in [2.24, 2.45) is 5.41 Å². The summed E-state index contributed by atoms with van der Waals surface area (Å²) in [5.74, 6) is -0.761. The van der Waals surface area contributed by atoms with Gasteiger partial charge in [0.2, 0.25) is 0 Å². The van der Waals surface area contributed by atoms with Crippen LogP contribution in [0.1, 0.15) is 32.8 Å². The topological polar surface area (TPSA) is 62.2 Å². The summed E-state index contributed by atoms with van der Waals surface area (Å²) in [6, 6.07) is 1.67. The summed E-state index contributed by atoms with van der Waals surface area (Å²) in [5, 5.41) is 11.7. The number of hydrogen-bond acceptors (Lipinski definition) is 3. The van der Waals surface area contributed by atoms with Crippen LogP contribution in [0.2, 0.25) is 0 Å². The first-order valence-electron chi connectivity index (χ1n) is 6.01. The van der Waals surface area contributed by atoms with Gasteiger partial charge in [0, 0.05) is 12.2 Å². The van der Waals surface area contributed by atoms with E-state index in [0.717, 1.165) is 12.3 Å². The average molecular weight is 290 g/mol. The molecule has 7 heteroatoms. The lowest BCUT2D eigenvalue weighted by Crippen LogP contribution is -2.36. The smallest absolute Gasteiger partial charge is 0.417 e. The van der Waals surface area contributed by atoms with E-state index >= 15 is 0 Å². The Morgan fingerprint density at radius 3 is 2.30 bits per heavy atom. The van der Waals surface area contributed by atoms with Crippen molar-refractivity contribution in [2.45, 2.75) is 39.4 Å². The number of aromatic nitrogens is 1. The minimum atomic E-state index is -4.43. The molecule has 4 nitrogen and oxygen atoms in total. The third-order valence-corrected chi connectivity index (χ3v) is 2.84. The van der Waals surface area contributed by atoms with Gasteiger partial charge in [-0.3, -0.25) is 4.79 Å². The quantitative estimate of drug-likeness (QED) is 0.892. The number of nitrogens with one attached hydrogen (secondary N) is 1. The molecule has 0 aliphatic rings. The summed E-state index contributed by atoms with van der Waals surface area (Å²) in [6.45, 7) is 5.53. The molecule has 1 aromatic rings. The fraction of sp³-hybridized carbons (Fsp3) is 0.538. The molecule has 112 valence electrons. The Kier molecular flexibility index (Phi) is 4.62. The highest BCUT2D eigenvalue weighted by molar-refractivity contribution is 5.68. The van der Waals surface area contributed by atoms with Crippen LogP contribution in [0.4, 0.5) is 19.0 Å². The van der Waals surface area contributed by atoms with E-state index in [-0.39, 0.29) is 17.7 Å². The normalized spacial score (nSPS) is 13.9. The number of carboxylic acids is 1. The van der Waals surface area contributed by atoms with Crippen LogP contribution in [0.5, 0.6) is 0 Å². The molecule has 0 aromatic carbocycles. The Hall–Kier alpha value is -1.79. The zero-order valence-corrected chi connectivity index (χ0v) is 11.5. The van der Waals surface area contributed by atoms with Gasteiger partial charge in [0.1, 0.15) is 5.82 Å². The Labute approximate surface area is 115 Å². The lowest BCUT2D eigenvalue weighted by molar-refractivity contribution is -0.138. The van der Waals surface area contributed by atoms with Gasteiger partial charge in [0.15, 0.2) is 0 Å². The third kappa shape index (κ3) is 4.71. The molecule has 0 aliphatic carbocycles. The lowest BCUT2D eigenvalue weighted by atomic mass is 9.85. The van der Waals surface area contributed by atoms with Gasteiger partial charge < -0.3 is 10.4 Å². The number of carbonyl (C=O) groups is 1. The highest BCUT2D eigenvalue weighted by Gasteiger charge is 2.31. The fourth-order valence-corrected chi connectivity index (χ4v) is 1.57. The van der Waals surface area contributed by atoms with Gasteiger partial charge in [0.25, 0.3) is 0 Å². The van der Waals surface area contributed by atoms with E-state index in [1.54, 1.807) is 0 Å². The summed E-state index contributed by atoms with van der Waals surface area (Å²) < 4.78 is 37.2. The second-order valence-corrected chi connectivity index (χ2v) is 5.59. The van der Waals surface area contributed by atoms with Gasteiger partial charge in [-0.05, 0) is 17.5 Å². The summed E-state index contributed by atoms with van der Waals surface area (Å²) in [5.41, 5.74) is -1.21. The van der Waals surface area contributed by atoms with Crippen LogP contribution < -0.4 is 5.32 Å². The van der Waals surface area contributed by atoms with Gasteiger partial charge in [-0.25, -0.2) is 4.98 Å². The monoisotopic (exact) mass is 290 g/mol. The van der Waals surface area contributed by atoms with Crippen molar-refractivity contribution in [1.82, 2.24) is 4.98 Å². The number of alkyl halides is 3. The number of rotatable bonds is 4. The van der Waals surface area contributed by atoms with E-state index in [0.29, 0.717) is 0 Å². The second kappa shape index (κ2) is 5.68. The summed E-state index contributed by atoms with van der Waals surface area (Å²) >= 11 is 0. The summed E-state index contributed by atoms with van der Waals surface area (Å²) in [7, 11) is 0. The standard InChI is InChI=1S/C13H17F3N2O2/c1-12(2,3)9(6-11(19)20)18-10-5-4-8(7-17-10)13(14,15)16/h4-5,7,9H,6H2,1-3H3,(H,17,18)(H,19,20). The number of pyridine rings is 1. The average Bonchev–Trinajstić information content (AvgIpc) is 2.25. The van der Waals surface area contributed by atoms with Crippen molar-refractivity contribution in [3.05, 3.63) is 23.9 Å². The number of halogens is 3. The molecule has 0 spiro atoms. The van der Waals surface area contributed by atoms with Crippen LogP contribution in [0, 0.1) is 5.41 Å². The van der Waals surface area contributed by atoms with Crippen molar-refractivity contribution in [3.63, 3.8) is 0 Å². The molecular weight excluding hydrogens is 273 g/mol. The minimum Gasteiger partial charge on any atom is -0.481 e. The highest BCUT2D eigenvalue weighted by atomic mass is 19.4. The van der Waals surface area contributed by atoms with Gasteiger partial charge in [0.05, 0.1) is 12.0 Å². The maximum absolute atomic E-state index is 12.4. The third-order valence-electron chi connectivity index (χ3n) is 2.84. The predicted molar refractivity (Wildman–Crippen MR) is 68.4 cm³/mol. The molecule has 1 rings (SSSR count). The van der Waals surface area contributed by atoms with Gasteiger partial charge in [-0.2, -0.15) is 13.2 Å². The zero-order chi connectivity index (χ0) is 15.6. The van der Waals surface area contributed by atoms with Crippen molar-refractivity contribution in [1.29, 1.82) is 0 Å². The zero-order valence-electron chi connectivity index (χ0n) is 11.5. The van der Waals surface area contributed by atoms with E-state index < -0.39 is 23.8 Å². The summed E-state index contributed by atoms with van der Waals surface area (Å²) in [6.07, 6.45) is -3.86. The largest absolute Gasteiger partial charge is 0.481 e. The Bertz CT molecular complexity index is 464. The molecule has 0 bridgehead atoms. The van der Waals surface area contributed by atoms with Crippen molar-refractivity contribution in [2.75, 3.05) is 5.32 Å². The second-order valence-electron chi connectivity index (χ2n) is 5.59. The van der Waals surface area contributed by atoms with E-state index in [1.165, 1.54) is 6.07 Å². The molecule has 1 unspecified atom stereocenters. The Balaban J connectivity index is 2.87. The van der Waals surface area contributed by atoms with Crippen LogP contribution in [-0.2, 0) is 11.0 Å². The molecule has 1 atom stereocenters. The molecule has 0 saturated heterocycles. The molecule has 0 radical (unpaired) electrons. The van der Waals surface area contributed by atoms with Crippen molar-refractivity contribution < 1.29 is 23.1 Å². The molecule has 2 N–H and O–H groups in total. The SMILES string of the molecule is CC(C)(C)C(CC(=O)O)Nc1ccc(C(F)(F)F)cn1. The van der Waals surface area contributed by atoms with Crippen molar-refractivity contribution >= 4 is 11.8 Å². The predicted octanol–water partition coefficient (Wildman–Crippen LogP) is 3.40. The molecule has 1 aromatic heterocycles. The van der Waals surface area contributed by atoms with Crippen LogP contribution in [0.15, 0.2) is 18.3 Å². The van der Waals surface area contributed by atoms with Gasteiger partial charge in [-0.15, -0.1) is 0 Å². The Morgan fingerprint density at radius 1 is 1.35 bits per heavy atom. The fourth-order valence-electron chi connectivity index (χ4n) is 1.57. The number of nitrogens with zero attached hydrogens (tertiary/aromatic N) is 1. The number of hydrogen-bond donors (Lipinski definition) is 2. The summed E-state index contributed by atoms with van der Waals surface area (Å²) in [4.78, 5) is 14.5. The van der Waals surface area contributed by atoms with Crippen LogP contribution >= 0.6 is 0 Å². The number of carboxylic acid groups (broad SMARTS) is 1. The highest BCUT2D eigenvalue weighted by Crippen LogP contribution is 2.30. The van der Waals surface area contributed by atoms with E-state index in [4.69, 9.17) is 5.11 Å². The number of aliphatic carboxylic acids is 1. The molecular formula is C13H17F3N2O2. The van der Waals surface area contributed by atoms with E-state index in [9.17, 15) is 18.0 Å². The Morgan fingerprint density at radius 2 is 1.95 bits per heavy atom. The molecule has 0 saturated carbocycles. The maximum Gasteiger partial charge on any atom is 0.417 e. The van der Waals surface area contributed by atoms with Crippen LogP contribution in [0.3, 0.4) is 0 Å². The molecule has 0 amide bonds. The molecule has 20 heavy (non-hydrogen) atoms. The first-order valence-corrected chi connectivity index (χ1v) is 6.01. The number of anilines is 1. The van der Waals surface area contributed by atoms with Crippen LogP contribution in [0.25, 0.3) is 0 Å². The minimum absolute atomic E-state index is 0.147. The van der Waals surface area contributed by atoms with E-state index in [1.807, 2.05) is 20.8 Å². The maximum atomic E-state index is 12.4. The van der Waals surface area contributed by atoms with Gasteiger partial charge in [-0.1, -0.05) is 20.8 Å².